The maximum Gasteiger partial charge on any atom is 0.262 e. The van der Waals surface area contributed by atoms with Gasteiger partial charge in [0.25, 0.3) is 5.91 Å². The molecule has 0 aliphatic carbocycles. The molecule has 2 heterocycles. The van der Waals surface area contributed by atoms with Crippen LogP contribution in [0.4, 0.5) is 11.4 Å². The normalized spacial score (nSPS) is 17.6. The molecule has 2 aliphatic rings. The highest BCUT2D eigenvalue weighted by atomic mass is 32.2. The van der Waals surface area contributed by atoms with Gasteiger partial charge in [-0.15, -0.1) is 0 Å². The number of nitrogens with zero attached hydrogens (tertiary/aromatic N) is 2. The number of nitrogens with one attached hydrogen (secondary N) is 1. The highest BCUT2D eigenvalue weighted by Crippen LogP contribution is 2.32. The summed E-state index contributed by atoms with van der Waals surface area (Å²) in [6, 6.07) is 10.7. The number of amides is 1. The molecule has 0 bridgehead atoms. The Kier molecular flexibility index (Phi) is 8.30. The Balaban J connectivity index is 1.56. The van der Waals surface area contributed by atoms with Gasteiger partial charge in [0.1, 0.15) is 5.75 Å². The van der Waals surface area contributed by atoms with Crippen LogP contribution in [-0.2, 0) is 19.6 Å². The quantitative estimate of drug-likeness (QED) is 0.622. The lowest BCUT2D eigenvalue weighted by molar-refractivity contribution is -0.118. The Morgan fingerprint density at radius 2 is 1.66 bits per heavy atom. The first-order chi connectivity index (χ1) is 16.8. The van der Waals surface area contributed by atoms with Gasteiger partial charge in [0.2, 0.25) is 10.0 Å². The number of benzene rings is 2. The van der Waals surface area contributed by atoms with Crippen LogP contribution < -0.4 is 15.0 Å². The van der Waals surface area contributed by atoms with Crippen molar-refractivity contribution in [2.75, 3.05) is 56.2 Å². The van der Waals surface area contributed by atoms with Crippen LogP contribution >= 0.6 is 0 Å². The predicted molar refractivity (Wildman–Crippen MR) is 137 cm³/mol. The summed E-state index contributed by atoms with van der Waals surface area (Å²) < 4.78 is 39.0. The lowest BCUT2D eigenvalue weighted by Crippen LogP contribution is -2.40. The van der Waals surface area contributed by atoms with Gasteiger partial charge in [-0.05, 0) is 68.1 Å². The molecule has 2 aromatic rings. The maximum absolute atomic E-state index is 13.3. The minimum Gasteiger partial charge on any atom is -0.484 e. The molecular weight excluding hydrogens is 466 g/mol. The van der Waals surface area contributed by atoms with Crippen molar-refractivity contribution in [3.63, 3.8) is 0 Å². The van der Waals surface area contributed by atoms with E-state index in [1.165, 1.54) is 17.1 Å². The molecule has 4 rings (SSSR count). The highest BCUT2D eigenvalue weighted by molar-refractivity contribution is 7.89. The zero-order valence-corrected chi connectivity index (χ0v) is 21.4. The van der Waals surface area contributed by atoms with Crippen molar-refractivity contribution in [2.24, 2.45) is 0 Å². The number of hydrogen-bond donors (Lipinski definition) is 1. The zero-order valence-electron chi connectivity index (χ0n) is 20.6. The monoisotopic (exact) mass is 501 g/mol. The topological polar surface area (TPSA) is 88.2 Å². The van der Waals surface area contributed by atoms with Crippen molar-refractivity contribution in [1.82, 2.24) is 4.31 Å². The second-order valence-corrected chi connectivity index (χ2v) is 11.1. The second-order valence-electron chi connectivity index (χ2n) is 9.18. The van der Waals surface area contributed by atoms with Crippen LogP contribution in [0.3, 0.4) is 0 Å². The van der Waals surface area contributed by atoms with Crippen LogP contribution in [0.1, 0.15) is 36.8 Å². The van der Waals surface area contributed by atoms with E-state index in [1.807, 2.05) is 38.1 Å². The molecule has 2 aliphatic heterocycles. The molecular formula is C26H35N3O5S. The summed E-state index contributed by atoms with van der Waals surface area (Å²) in [4.78, 5) is 15.3. The van der Waals surface area contributed by atoms with E-state index >= 15 is 0 Å². The summed E-state index contributed by atoms with van der Waals surface area (Å²) in [5, 5.41) is 2.93. The lowest BCUT2D eigenvalue weighted by atomic mass is 10.1. The Bertz CT molecular complexity index is 1140. The van der Waals surface area contributed by atoms with Crippen LogP contribution in [0.25, 0.3) is 0 Å². The van der Waals surface area contributed by atoms with Crippen molar-refractivity contribution in [3.05, 3.63) is 47.5 Å². The molecule has 8 nitrogen and oxygen atoms in total. The molecule has 1 N–H and O–H groups in total. The Morgan fingerprint density at radius 1 is 0.943 bits per heavy atom. The standard InChI is InChI=1S/C26H35N3O5S/c1-20-7-8-22(17-21(20)2)34-19-26(30)27-24-18-23(35(31,32)29-13-15-33-16-14-29)9-10-25(24)28-11-5-3-4-6-12-28/h7-10,17-18H,3-6,11-16,19H2,1-2H3,(H,27,30). The van der Waals surface area contributed by atoms with Gasteiger partial charge in [-0.3, -0.25) is 4.79 Å². The van der Waals surface area contributed by atoms with Crippen molar-refractivity contribution in [1.29, 1.82) is 0 Å². The highest BCUT2D eigenvalue weighted by Gasteiger charge is 2.28. The largest absolute Gasteiger partial charge is 0.484 e. The molecule has 0 unspecified atom stereocenters. The van der Waals surface area contributed by atoms with E-state index in [1.54, 1.807) is 12.1 Å². The molecule has 0 saturated carbocycles. The van der Waals surface area contributed by atoms with Gasteiger partial charge in [-0.1, -0.05) is 18.9 Å². The van der Waals surface area contributed by atoms with E-state index in [0.717, 1.165) is 42.7 Å². The number of sulfonamides is 1. The third-order valence-electron chi connectivity index (χ3n) is 6.64. The van der Waals surface area contributed by atoms with Gasteiger partial charge in [0.05, 0.1) is 29.5 Å². The number of rotatable bonds is 7. The van der Waals surface area contributed by atoms with Gasteiger partial charge in [0, 0.05) is 26.2 Å². The molecule has 0 atom stereocenters. The second kappa shape index (κ2) is 11.4. The molecule has 0 spiro atoms. The smallest absolute Gasteiger partial charge is 0.262 e. The molecule has 2 aromatic carbocycles. The summed E-state index contributed by atoms with van der Waals surface area (Å²) in [7, 11) is -3.69. The minimum absolute atomic E-state index is 0.164. The Morgan fingerprint density at radius 3 is 2.34 bits per heavy atom. The number of carbonyl (C=O) groups is 1. The summed E-state index contributed by atoms with van der Waals surface area (Å²) in [6.45, 7) is 7.00. The maximum atomic E-state index is 13.3. The Labute approximate surface area is 208 Å². The predicted octanol–water partition coefficient (Wildman–Crippen LogP) is 3.72. The molecule has 0 aromatic heterocycles. The molecule has 190 valence electrons. The number of ether oxygens (including phenoxy) is 2. The summed E-state index contributed by atoms with van der Waals surface area (Å²) in [5.74, 6) is 0.292. The fourth-order valence-corrected chi connectivity index (χ4v) is 5.87. The first kappa shape index (κ1) is 25.5. The van der Waals surface area contributed by atoms with E-state index in [2.05, 4.69) is 10.2 Å². The number of carbonyl (C=O) groups excluding carboxylic acids is 1. The van der Waals surface area contributed by atoms with Gasteiger partial charge in [-0.2, -0.15) is 4.31 Å². The third kappa shape index (κ3) is 6.34. The molecule has 0 radical (unpaired) electrons. The van der Waals surface area contributed by atoms with Gasteiger partial charge in [-0.25, -0.2) is 8.42 Å². The van der Waals surface area contributed by atoms with E-state index in [0.29, 0.717) is 37.7 Å². The number of hydrogen-bond acceptors (Lipinski definition) is 6. The number of aryl methyl sites for hydroxylation is 2. The summed E-state index contributed by atoms with van der Waals surface area (Å²) >= 11 is 0. The van der Waals surface area contributed by atoms with E-state index in [-0.39, 0.29) is 17.4 Å². The first-order valence-corrected chi connectivity index (χ1v) is 13.8. The van der Waals surface area contributed by atoms with Crippen LogP contribution in [-0.4, -0.2) is 64.6 Å². The zero-order chi connectivity index (χ0) is 24.8. The summed E-state index contributed by atoms with van der Waals surface area (Å²) in [6.07, 6.45) is 4.48. The molecule has 1 amide bonds. The number of anilines is 2. The van der Waals surface area contributed by atoms with Crippen molar-refractivity contribution < 1.29 is 22.7 Å². The van der Waals surface area contributed by atoms with Gasteiger partial charge in [0.15, 0.2) is 6.61 Å². The fraction of sp³-hybridized carbons (Fsp3) is 0.500. The first-order valence-electron chi connectivity index (χ1n) is 12.3. The molecule has 9 heteroatoms. The SMILES string of the molecule is Cc1ccc(OCC(=O)Nc2cc(S(=O)(=O)N3CCOCC3)ccc2N2CCCCCC2)cc1C. The van der Waals surface area contributed by atoms with Crippen LogP contribution in [0.5, 0.6) is 5.75 Å². The molecule has 2 saturated heterocycles. The van der Waals surface area contributed by atoms with Crippen LogP contribution in [0.2, 0.25) is 0 Å². The van der Waals surface area contributed by atoms with Crippen LogP contribution in [0.15, 0.2) is 41.3 Å². The van der Waals surface area contributed by atoms with E-state index < -0.39 is 10.0 Å². The van der Waals surface area contributed by atoms with Crippen molar-refractivity contribution in [3.8, 4) is 5.75 Å². The van der Waals surface area contributed by atoms with Gasteiger partial charge < -0.3 is 19.7 Å². The van der Waals surface area contributed by atoms with Gasteiger partial charge >= 0.3 is 0 Å². The third-order valence-corrected chi connectivity index (χ3v) is 8.54. The van der Waals surface area contributed by atoms with Crippen molar-refractivity contribution in [2.45, 2.75) is 44.4 Å². The number of morpholine rings is 1. The lowest BCUT2D eigenvalue weighted by Gasteiger charge is -2.28. The summed E-state index contributed by atoms with van der Waals surface area (Å²) in [5.41, 5.74) is 3.58. The molecule has 35 heavy (non-hydrogen) atoms. The average Bonchev–Trinajstić information content (AvgIpc) is 3.15. The van der Waals surface area contributed by atoms with E-state index in [4.69, 9.17) is 9.47 Å². The minimum atomic E-state index is -3.69. The van der Waals surface area contributed by atoms with Crippen LogP contribution in [0, 0.1) is 13.8 Å². The average molecular weight is 502 g/mol. The Hall–Kier alpha value is -2.62. The molecule has 2 fully saturated rings. The van der Waals surface area contributed by atoms with Crippen molar-refractivity contribution >= 4 is 27.3 Å². The fourth-order valence-electron chi connectivity index (χ4n) is 4.44. The van der Waals surface area contributed by atoms with E-state index in [9.17, 15) is 13.2 Å².